The van der Waals surface area contributed by atoms with Gasteiger partial charge in [-0.3, -0.25) is 4.79 Å². The van der Waals surface area contributed by atoms with E-state index >= 15 is 0 Å². The molecule has 2 aromatic carbocycles. The normalized spacial score (nSPS) is 14.0. The van der Waals surface area contributed by atoms with Crippen molar-refractivity contribution in [1.82, 2.24) is 10.2 Å². The van der Waals surface area contributed by atoms with Gasteiger partial charge in [-0.25, -0.2) is 4.39 Å². The number of hydrogen-bond donors (Lipinski definition) is 1. The maximum Gasteiger partial charge on any atom is 0.277 e. The Bertz CT molecular complexity index is 971. The zero-order chi connectivity index (χ0) is 20.1. The molecule has 1 amide bonds. The van der Waals surface area contributed by atoms with Crippen molar-refractivity contribution in [2.45, 2.75) is 24.5 Å². The first-order valence-corrected chi connectivity index (χ1v) is 10.5. The van der Waals surface area contributed by atoms with E-state index in [0.717, 1.165) is 30.5 Å². The Morgan fingerprint density at radius 3 is 2.66 bits per heavy atom. The van der Waals surface area contributed by atoms with Gasteiger partial charge in [-0.15, -0.1) is 10.2 Å². The second kappa shape index (κ2) is 9.09. The summed E-state index contributed by atoms with van der Waals surface area (Å²) < 4.78 is 18.8. The van der Waals surface area contributed by atoms with Crippen molar-refractivity contribution in [3.05, 3.63) is 54.3 Å². The third kappa shape index (κ3) is 5.14. The van der Waals surface area contributed by atoms with Gasteiger partial charge in [-0.1, -0.05) is 17.8 Å². The van der Waals surface area contributed by atoms with Gasteiger partial charge in [0.1, 0.15) is 5.82 Å². The molecule has 1 N–H and O–H groups in total. The van der Waals surface area contributed by atoms with Gasteiger partial charge >= 0.3 is 0 Å². The lowest BCUT2D eigenvalue weighted by Crippen LogP contribution is -2.29. The summed E-state index contributed by atoms with van der Waals surface area (Å²) in [5.74, 6) is -0.175. The van der Waals surface area contributed by atoms with E-state index in [0.29, 0.717) is 5.56 Å². The average Bonchev–Trinajstić information content (AvgIpc) is 3.23. The number of anilines is 2. The number of aromatic nitrogens is 2. The molecule has 1 aliphatic rings. The van der Waals surface area contributed by atoms with Gasteiger partial charge in [0, 0.05) is 30.0 Å². The minimum atomic E-state index is -0.374. The highest BCUT2D eigenvalue weighted by atomic mass is 32.2. The Morgan fingerprint density at radius 2 is 1.90 bits per heavy atom. The lowest BCUT2D eigenvalue weighted by molar-refractivity contribution is -0.113. The Hall–Kier alpha value is -2.87. The zero-order valence-electron chi connectivity index (χ0n) is 15.8. The average molecular weight is 412 g/mol. The van der Waals surface area contributed by atoms with Gasteiger partial charge in [0.15, 0.2) is 0 Å². The predicted octanol–water partition coefficient (Wildman–Crippen LogP) is 4.60. The molecular formula is C21H21FN4O2S. The maximum absolute atomic E-state index is 13.3. The number of nitrogens with zero attached hydrogens (tertiary/aromatic N) is 3. The van der Waals surface area contributed by atoms with Gasteiger partial charge in [-0.05, 0) is 61.7 Å². The Labute approximate surface area is 172 Å². The van der Waals surface area contributed by atoms with E-state index in [1.807, 2.05) is 24.3 Å². The molecule has 4 rings (SSSR count). The van der Waals surface area contributed by atoms with Gasteiger partial charge in [0.05, 0.1) is 5.75 Å². The standard InChI is InChI=1S/C21H21FN4O2S/c22-16-6-4-5-15(13-16)20-24-25-21(28-20)29-14-19(27)23-17-7-9-18(10-8-17)26-11-2-1-3-12-26/h4-10,13H,1-3,11-12,14H2,(H,23,27). The third-order valence-corrected chi connectivity index (χ3v) is 5.50. The lowest BCUT2D eigenvalue weighted by atomic mass is 10.1. The minimum absolute atomic E-state index is 0.138. The highest BCUT2D eigenvalue weighted by Crippen LogP contribution is 2.24. The second-order valence-electron chi connectivity index (χ2n) is 6.81. The number of nitrogens with one attached hydrogen (secondary N) is 1. The fourth-order valence-electron chi connectivity index (χ4n) is 3.24. The van der Waals surface area contributed by atoms with Crippen LogP contribution < -0.4 is 10.2 Å². The van der Waals surface area contributed by atoms with Gasteiger partial charge < -0.3 is 14.6 Å². The van der Waals surface area contributed by atoms with E-state index in [9.17, 15) is 9.18 Å². The quantitative estimate of drug-likeness (QED) is 0.597. The van der Waals surface area contributed by atoms with Gasteiger partial charge in [-0.2, -0.15) is 0 Å². The van der Waals surface area contributed by atoms with Crippen LogP contribution in [0.4, 0.5) is 15.8 Å². The summed E-state index contributed by atoms with van der Waals surface area (Å²) in [6.07, 6.45) is 3.75. The number of amides is 1. The molecule has 150 valence electrons. The van der Waals surface area contributed by atoms with Crippen LogP contribution in [-0.4, -0.2) is 34.9 Å². The molecule has 0 spiro atoms. The minimum Gasteiger partial charge on any atom is -0.411 e. The second-order valence-corrected chi connectivity index (χ2v) is 7.74. The van der Waals surface area contributed by atoms with Crippen LogP contribution in [0.15, 0.2) is 58.2 Å². The van der Waals surface area contributed by atoms with Crippen LogP contribution in [0.3, 0.4) is 0 Å². The van der Waals surface area contributed by atoms with Crippen molar-refractivity contribution in [3.8, 4) is 11.5 Å². The van der Waals surface area contributed by atoms with Crippen molar-refractivity contribution in [1.29, 1.82) is 0 Å². The van der Waals surface area contributed by atoms with E-state index in [4.69, 9.17) is 4.42 Å². The molecule has 1 aliphatic heterocycles. The number of carbonyl (C=O) groups is 1. The smallest absolute Gasteiger partial charge is 0.277 e. The fourth-order valence-corrected chi connectivity index (χ4v) is 3.80. The summed E-state index contributed by atoms with van der Waals surface area (Å²) in [6, 6.07) is 13.8. The third-order valence-electron chi connectivity index (χ3n) is 4.68. The van der Waals surface area contributed by atoms with Crippen LogP contribution in [0.1, 0.15) is 19.3 Å². The molecule has 29 heavy (non-hydrogen) atoms. The molecule has 8 heteroatoms. The lowest BCUT2D eigenvalue weighted by Gasteiger charge is -2.28. The number of thioether (sulfide) groups is 1. The van der Waals surface area contributed by atoms with Crippen LogP contribution in [0.5, 0.6) is 0 Å². The molecule has 0 aliphatic carbocycles. The Morgan fingerprint density at radius 1 is 1.10 bits per heavy atom. The van der Waals surface area contributed by atoms with E-state index in [-0.39, 0.29) is 28.6 Å². The van der Waals surface area contributed by atoms with Gasteiger partial charge in [0.2, 0.25) is 11.8 Å². The zero-order valence-corrected chi connectivity index (χ0v) is 16.6. The monoisotopic (exact) mass is 412 g/mol. The molecule has 2 heterocycles. The van der Waals surface area contributed by atoms with Gasteiger partial charge in [0.25, 0.3) is 5.22 Å². The first kappa shape index (κ1) is 19.4. The summed E-state index contributed by atoms with van der Waals surface area (Å²) in [5.41, 5.74) is 2.44. The molecule has 1 fully saturated rings. The van der Waals surface area contributed by atoms with Crippen LogP contribution >= 0.6 is 11.8 Å². The molecule has 0 atom stereocenters. The van der Waals surface area contributed by atoms with E-state index in [2.05, 4.69) is 20.4 Å². The van der Waals surface area contributed by atoms with Crippen molar-refractivity contribution in [2.75, 3.05) is 29.1 Å². The largest absolute Gasteiger partial charge is 0.411 e. The first-order valence-electron chi connectivity index (χ1n) is 9.54. The highest BCUT2D eigenvalue weighted by Gasteiger charge is 2.13. The van der Waals surface area contributed by atoms with E-state index in [1.54, 1.807) is 12.1 Å². The number of benzene rings is 2. The van der Waals surface area contributed by atoms with Crippen molar-refractivity contribution in [2.24, 2.45) is 0 Å². The van der Waals surface area contributed by atoms with Crippen molar-refractivity contribution < 1.29 is 13.6 Å². The SMILES string of the molecule is O=C(CSc1nnc(-c2cccc(F)c2)o1)Nc1ccc(N2CCCCC2)cc1. The molecule has 6 nitrogen and oxygen atoms in total. The van der Waals surface area contributed by atoms with Crippen molar-refractivity contribution in [3.63, 3.8) is 0 Å². The number of carbonyl (C=O) groups excluding carboxylic acids is 1. The molecule has 0 bridgehead atoms. The number of halogens is 1. The first-order chi connectivity index (χ1) is 14.2. The highest BCUT2D eigenvalue weighted by molar-refractivity contribution is 7.99. The molecule has 3 aromatic rings. The summed E-state index contributed by atoms with van der Waals surface area (Å²) in [6.45, 7) is 2.17. The van der Waals surface area contributed by atoms with E-state index in [1.165, 1.54) is 37.1 Å². The molecule has 1 aromatic heterocycles. The molecule has 0 radical (unpaired) electrons. The molecule has 0 saturated carbocycles. The summed E-state index contributed by atoms with van der Waals surface area (Å²) >= 11 is 1.14. The molecule has 1 saturated heterocycles. The van der Waals surface area contributed by atoms with Crippen LogP contribution in [0.2, 0.25) is 0 Å². The summed E-state index contributed by atoms with van der Waals surface area (Å²) in [5, 5.41) is 10.9. The number of piperidine rings is 1. The molecule has 0 unspecified atom stereocenters. The summed E-state index contributed by atoms with van der Waals surface area (Å²) in [7, 11) is 0. The number of rotatable bonds is 6. The van der Waals surface area contributed by atoms with E-state index < -0.39 is 0 Å². The Balaban J connectivity index is 1.29. The number of hydrogen-bond acceptors (Lipinski definition) is 6. The fraction of sp³-hybridized carbons (Fsp3) is 0.286. The van der Waals surface area contributed by atoms with Crippen LogP contribution in [0.25, 0.3) is 11.5 Å². The summed E-state index contributed by atoms with van der Waals surface area (Å²) in [4.78, 5) is 14.6. The maximum atomic E-state index is 13.3. The van der Waals surface area contributed by atoms with Crippen LogP contribution in [-0.2, 0) is 4.79 Å². The van der Waals surface area contributed by atoms with Crippen molar-refractivity contribution >= 4 is 29.0 Å². The molecular weight excluding hydrogens is 391 g/mol. The van der Waals surface area contributed by atoms with Crippen LogP contribution in [0, 0.1) is 5.82 Å². The Kier molecular flexibility index (Phi) is 6.09. The predicted molar refractivity (Wildman–Crippen MR) is 112 cm³/mol. The topological polar surface area (TPSA) is 71.3 Å².